The van der Waals surface area contributed by atoms with Crippen LogP contribution in [0.25, 0.3) is 11.0 Å². The van der Waals surface area contributed by atoms with Crippen molar-refractivity contribution in [2.75, 3.05) is 0 Å². The minimum Gasteiger partial charge on any atom is -0.348 e. The molecule has 1 unspecified atom stereocenters. The van der Waals surface area contributed by atoms with Crippen molar-refractivity contribution in [2.24, 2.45) is 0 Å². The Bertz CT molecular complexity index is 996. The highest BCUT2D eigenvalue weighted by molar-refractivity contribution is 5.81. The molecule has 0 bridgehead atoms. The zero-order valence-electron chi connectivity index (χ0n) is 16.5. The van der Waals surface area contributed by atoms with Gasteiger partial charge in [-0.15, -0.1) is 0 Å². The minimum absolute atomic E-state index is 0.00982. The summed E-state index contributed by atoms with van der Waals surface area (Å²) in [6.45, 7) is 9.32. The molecule has 4 rings (SSSR count). The number of rotatable bonds is 6. The van der Waals surface area contributed by atoms with E-state index in [0.717, 1.165) is 53.2 Å². The predicted octanol–water partition coefficient (Wildman–Crippen LogP) is 3.62. The second-order valence-corrected chi connectivity index (χ2v) is 7.51. The highest BCUT2D eigenvalue weighted by Gasteiger charge is 2.30. The van der Waals surface area contributed by atoms with Gasteiger partial charge in [-0.05, 0) is 52.7 Å². The van der Waals surface area contributed by atoms with Crippen LogP contribution in [-0.2, 0) is 17.9 Å². The molecule has 1 fully saturated rings. The number of hydrogen-bond acceptors (Lipinski definition) is 3. The van der Waals surface area contributed by atoms with Gasteiger partial charge in [0.1, 0.15) is 12.4 Å². The van der Waals surface area contributed by atoms with E-state index >= 15 is 0 Å². The normalized spacial score (nSPS) is 15.3. The number of para-hydroxylation sites is 2. The van der Waals surface area contributed by atoms with Gasteiger partial charge in [-0.25, -0.2) is 4.98 Å². The molecule has 1 aliphatic rings. The van der Waals surface area contributed by atoms with Gasteiger partial charge in [0.25, 0.3) is 0 Å². The van der Waals surface area contributed by atoms with Crippen molar-refractivity contribution < 1.29 is 4.79 Å². The zero-order valence-corrected chi connectivity index (χ0v) is 16.5. The Morgan fingerprint density at radius 3 is 2.70 bits per heavy atom. The second kappa shape index (κ2) is 6.83. The first kappa shape index (κ1) is 17.8. The lowest BCUT2D eigenvalue weighted by Crippen LogP contribution is -2.31. The number of imidazole rings is 1. The van der Waals surface area contributed by atoms with Crippen LogP contribution in [0.15, 0.2) is 24.3 Å². The Labute approximate surface area is 159 Å². The molecule has 1 saturated carbocycles. The SMILES string of the molecule is CCn1nc(C)c(C(C)NC(=O)Cn2c(C3CC3)nc3ccccc32)c1C. The summed E-state index contributed by atoms with van der Waals surface area (Å²) in [4.78, 5) is 17.6. The minimum atomic E-state index is -0.0723. The molecule has 27 heavy (non-hydrogen) atoms. The number of fused-ring (bicyclic) bond motifs is 1. The van der Waals surface area contributed by atoms with Crippen LogP contribution in [0.1, 0.15) is 61.4 Å². The molecule has 0 radical (unpaired) electrons. The van der Waals surface area contributed by atoms with E-state index < -0.39 is 0 Å². The Hall–Kier alpha value is -2.63. The molecule has 142 valence electrons. The number of amides is 1. The Morgan fingerprint density at radius 1 is 1.30 bits per heavy atom. The van der Waals surface area contributed by atoms with Crippen LogP contribution in [0, 0.1) is 13.8 Å². The van der Waals surface area contributed by atoms with Crippen LogP contribution in [0.4, 0.5) is 0 Å². The summed E-state index contributed by atoms with van der Waals surface area (Å²) < 4.78 is 4.08. The second-order valence-electron chi connectivity index (χ2n) is 7.51. The molecule has 1 amide bonds. The van der Waals surface area contributed by atoms with E-state index in [9.17, 15) is 4.79 Å². The van der Waals surface area contributed by atoms with Crippen molar-refractivity contribution >= 4 is 16.9 Å². The molecule has 0 aliphatic heterocycles. The van der Waals surface area contributed by atoms with Crippen LogP contribution in [-0.4, -0.2) is 25.2 Å². The van der Waals surface area contributed by atoms with Crippen LogP contribution >= 0.6 is 0 Å². The van der Waals surface area contributed by atoms with Crippen molar-refractivity contribution in [1.82, 2.24) is 24.6 Å². The van der Waals surface area contributed by atoms with E-state index in [-0.39, 0.29) is 11.9 Å². The van der Waals surface area contributed by atoms with Gasteiger partial charge < -0.3 is 9.88 Å². The Kier molecular flexibility index (Phi) is 4.50. The summed E-state index contributed by atoms with van der Waals surface area (Å²) in [5.74, 6) is 1.55. The average Bonchev–Trinajstić information content (AvgIpc) is 3.36. The number of carbonyl (C=O) groups is 1. The molecule has 1 aromatic carbocycles. The quantitative estimate of drug-likeness (QED) is 0.725. The molecule has 6 nitrogen and oxygen atoms in total. The molecule has 6 heteroatoms. The number of hydrogen-bond donors (Lipinski definition) is 1. The van der Waals surface area contributed by atoms with Crippen LogP contribution in [0.3, 0.4) is 0 Å². The lowest BCUT2D eigenvalue weighted by molar-refractivity contribution is -0.122. The first-order valence-corrected chi connectivity index (χ1v) is 9.78. The maximum absolute atomic E-state index is 12.8. The number of aromatic nitrogens is 4. The van der Waals surface area contributed by atoms with Gasteiger partial charge in [-0.2, -0.15) is 5.10 Å². The van der Waals surface area contributed by atoms with Crippen LogP contribution in [0.2, 0.25) is 0 Å². The van der Waals surface area contributed by atoms with Gasteiger partial charge in [-0.1, -0.05) is 12.1 Å². The van der Waals surface area contributed by atoms with Gasteiger partial charge >= 0.3 is 0 Å². The Balaban J connectivity index is 1.56. The topological polar surface area (TPSA) is 64.7 Å². The van der Waals surface area contributed by atoms with E-state index in [1.54, 1.807) is 0 Å². The third-order valence-electron chi connectivity index (χ3n) is 5.48. The van der Waals surface area contributed by atoms with Gasteiger partial charge in [-0.3, -0.25) is 9.48 Å². The maximum Gasteiger partial charge on any atom is 0.240 e. The van der Waals surface area contributed by atoms with Crippen molar-refractivity contribution in [1.29, 1.82) is 0 Å². The highest BCUT2D eigenvalue weighted by atomic mass is 16.2. The Morgan fingerprint density at radius 2 is 2.04 bits per heavy atom. The summed E-state index contributed by atoms with van der Waals surface area (Å²) in [5.41, 5.74) is 5.22. The van der Waals surface area contributed by atoms with E-state index in [0.29, 0.717) is 12.5 Å². The maximum atomic E-state index is 12.8. The standard InChI is InChI=1S/C21H27N5O/c1-5-26-15(4)20(14(3)24-26)13(2)22-19(27)12-25-18-9-7-6-8-17(18)23-21(25)16-10-11-16/h6-9,13,16H,5,10-12H2,1-4H3,(H,22,27). The summed E-state index contributed by atoms with van der Waals surface area (Å²) in [6.07, 6.45) is 2.33. The first-order valence-electron chi connectivity index (χ1n) is 9.78. The van der Waals surface area contributed by atoms with Crippen molar-refractivity contribution in [3.63, 3.8) is 0 Å². The molecule has 2 aromatic heterocycles. The molecule has 1 atom stereocenters. The van der Waals surface area contributed by atoms with E-state index in [1.807, 2.05) is 42.8 Å². The van der Waals surface area contributed by atoms with Gasteiger partial charge in [0.05, 0.1) is 22.8 Å². The van der Waals surface area contributed by atoms with Crippen molar-refractivity contribution in [2.45, 2.75) is 65.6 Å². The summed E-state index contributed by atoms with van der Waals surface area (Å²) in [7, 11) is 0. The molecule has 1 N–H and O–H groups in total. The van der Waals surface area contributed by atoms with Gasteiger partial charge in [0.2, 0.25) is 5.91 Å². The first-order chi connectivity index (χ1) is 13.0. The van der Waals surface area contributed by atoms with E-state index in [2.05, 4.69) is 28.8 Å². The summed E-state index contributed by atoms with van der Waals surface area (Å²) in [6, 6.07) is 7.99. The fourth-order valence-corrected chi connectivity index (χ4v) is 4.06. The van der Waals surface area contributed by atoms with Crippen molar-refractivity contribution in [3.05, 3.63) is 47.0 Å². The number of benzene rings is 1. The van der Waals surface area contributed by atoms with E-state index in [4.69, 9.17) is 4.98 Å². The van der Waals surface area contributed by atoms with Crippen LogP contribution in [0.5, 0.6) is 0 Å². The van der Waals surface area contributed by atoms with Gasteiger partial charge in [0.15, 0.2) is 0 Å². The molecular weight excluding hydrogens is 338 g/mol. The van der Waals surface area contributed by atoms with Crippen molar-refractivity contribution in [3.8, 4) is 0 Å². The fourth-order valence-electron chi connectivity index (χ4n) is 4.06. The molecule has 0 saturated heterocycles. The smallest absolute Gasteiger partial charge is 0.240 e. The lowest BCUT2D eigenvalue weighted by atomic mass is 10.1. The van der Waals surface area contributed by atoms with Crippen LogP contribution < -0.4 is 5.32 Å². The largest absolute Gasteiger partial charge is 0.348 e. The van der Waals surface area contributed by atoms with E-state index in [1.165, 1.54) is 0 Å². The lowest BCUT2D eigenvalue weighted by Gasteiger charge is -2.16. The average molecular weight is 365 g/mol. The number of nitrogens with zero attached hydrogens (tertiary/aromatic N) is 4. The summed E-state index contributed by atoms with van der Waals surface area (Å²) in [5, 5.41) is 7.73. The molecule has 0 spiro atoms. The monoisotopic (exact) mass is 365 g/mol. The molecule has 3 aromatic rings. The number of carbonyl (C=O) groups excluding carboxylic acids is 1. The molecule has 2 heterocycles. The zero-order chi connectivity index (χ0) is 19.1. The third kappa shape index (κ3) is 3.24. The number of aryl methyl sites for hydroxylation is 2. The third-order valence-corrected chi connectivity index (χ3v) is 5.48. The van der Waals surface area contributed by atoms with Gasteiger partial charge in [0, 0.05) is 23.7 Å². The molecular formula is C21H27N5O. The predicted molar refractivity (Wildman–Crippen MR) is 106 cm³/mol. The highest BCUT2D eigenvalue weighted by Crippen LogP contribution is 2.40. The summed E-state index contributed by atoms with van der Waals surface area (Å²) >= 11 is 0. The fraction of sp³-hybridized carbons (Fsp3) is 0.476. The number of nitrogens with one attached hydrogen (secondary N) is 1. The molecule has 1 aliphatic carbocycles.